The Morgan fingerprint density at radius 2 is 2.00 bits per heavy atom. The summed E-state index contributed by atoms with van der Waals surface area (Å²) in [5.41, 5.74) is 2.20. The maximum absolute atomic E-state index is 6.47. The van der Waals surface area contributed by atoms with Gasteiger partial charge in [0.2, 0.25) is 0 Å². The highest BCUT2D eigenvalue weighted by Gasteiger charge is 2.18. The third kappa shape index (κ3) is 4.00. The molecule has 2 rings (SSSR count). The molecule has 0 spiro atoms. The van der Waals surface area contributed by atoms with Gasteiger partial charge in [0.15, 0.2) is 0 Å². The Bertz CT molecular complexity index is 603. The number of hydrogen-bond donors (Lipinski definition) is 1. The van der Waals surface area contributed by atoms with Crippen LogP contribution >= 0.6 is 27.5 Å². The zero-order valence-electron chi connectivity index (χ0n) is 12.2. The highest BCUT2D eigenvalue weighted by atomic mass is 79.9. The normalized spacial score (nSPS) is 12.2. The predicted octanol–water partition coefficient (Wildman–Crippen LogP) is 5.20. The van der Waals surface area contributed by atoms with Crippen LogP contribution in [-0.2, 0) is 0 Å². The third-order valence-electron chi connectivity index (χ3n) is 3.32. The molecule has 0 saturated heterocycles. The number of ether oxygens (including phenoxy) is 1. The van der Waals surface area contributed by atoms with Crippen LogP contribution in [-0.4, -0.2) is 13.7 Å². The summed E-state index contributed by atoms with van der Waals surface area (Å²) in [6.07, 6.45) is 1.06. The van der Waals surface area contributed by atoms with E-state index in [1.54, 1.807) is 7.11 Å². The highest BCUT2D eigenvalue weighted by Crippen LogP contribution is 2.34. The number of halogens is 2. The fraction of sp³-hybridized carbons (Fsp3) is 0.294. The van der Waals surface area contributed by atoms with E-state index in [0.717, 1.165) is 39.3 Å². The summed E-state index contributed by atoms with van der Waals surface area (Å²) >= 11 is 9.97. The van der Waals surface area contributed by atoms with Gasteiger partial charge < -0.3 is 10.1 Å². The van der Waals surface area contributed by atoms with E-state index < -0.39 is 0 Å². The Morgan fingerprint density at radius 1 is 1.24 bits per heavy atom. The molecule has 0 saturated carbocycles. The number of benzene rings is 2. The van der Waals surface area contributed by atoms with Crippen LogP contribution in [0.2, 0.25) is 5.02 Å². The number of nitrogens with one attached hydrogen (secondary N) is 1. The molecule has 0 aromatic heterocycles. The van der Waals surface area contributed by atoms with E-state index in [2.05, 4.69) is 40.3 Å². The molecule has 1 atom stereocenters. The second-order valence-corrected chi connectivity index (χ2v) is 6.04. The zero-order valence-corrected chi connectivity index (χ0v) is 14.5. The standard InChI is InChI=1S/C17H19BrClNO/c1-3-10-20-17(12-6-4-7-13(11-12)21-2)14-8-5-9-15(18)16(14)19/h4-9,11,17,20H,3,10H2,1-2H3. The van der Waals surface area contributed by atoms with Gasteiger partial charge >= 0.3 is 0 Å². The molecule has 1 unspecified atom stereocenters. The fourth-order valence-electron chi connectivity index (χ4n) is 2.26. The lowest BCUT2D eigenvalue weighted by atomic mass is 9.98. The van der Waals surface area contributed by atoms with Gasteiger partial charge in [-0.1, -0.05) is 42.8 Å². The van der Waals surface area contributed by atoms with Crippen LogP contribution in [0.15, 0.2) is 46.9 Å². The minimum absolute atomic E-state index is 0.0463. The van der Waals surface area contributed by atoms with Crippen molar-refractivity contribution in [2.24, 2.45) is 0 Å². The van der Waals surface area contributed by atoms with Gasteiger partial charge in [0.25, 0.3) is 0 Å². The molecule has 0 amide bonds. The van der Waals surface area contributed by atoms with Crippen LogP contribution in [0, 0.1) is 0 Å². The molecule has 0 aliphatic rings. The van der Waals surface area contributed by atoms with Crippen molar-refractivity contribution < 1.29 is 4.74 Å². The van der Waals surface area contributed by atoms with E-state index in [-0.39, 0.29) is 6.04 Å². The van der Waals surface area contributed by atoms with Gasteiger partial charge in [-0.15, -0.1) is 0 Å². The SMILES string of the molecule is CCCNC(c1cccc(OC)c1)c1cccc(Br)c1Cl. The van der Waals surface area contributed by atoms with Crippen molar-refractivity contribution in [1.29, 1.82) is 0 Å². The van der Waals surface area contributed by atoms with Crippen molar-refractivity contribution >= 4 is 27.5 Å². The molecule has 4 heteroatoms. The second kappa shape index (κ2) is 7.83. The Labute approximate surface area is 139 Å². The number of methoxy groups -OCH3 is 1. The average Bonchev–Trinajstić information content (AvgIpc) is 2.52. The lowest BCUT2D eigenvalue weighted by Gasteiger charge is -2.21. The zero-order chi connectivity index (χ0) is 15.2. The molecule has 0 aliphatic heterocycles. The van der Waals surface area contributed by atoms with Crippen molar-refractivity contribution in [3.63, 3.8) is 0 Å². The molecule has 2 aromatic rings. The topological polar surface area (TPSA) is 21.3 Å². The first kappa shape index (κ1) is 16.3. The lowest BCUT2D eigenvalue weighted by molar-refractivity contribution is 0.413. The minimum atomic E-state index is 0.0463. The van der Waals surface area contributed by atoms with Gasteiger partial charge in [0.1, 0.15) is 5.75 Å². The third-order valence-corrected chi connectivity index (χ3v) is 4.63. The van der Waals surface area contributed by atoms with E-state index in [9.17, 15) is 0 Å². The largest absolute Gasteiger partial charge is 0.497 e. The number of rotatable bonds is 6. The Morgan fingerprint density at radius 3 is 2.71 bits per heavy atom. The van der Waals surface area contributed by atoms with E-state index in [4.69, 9.17) is 16.3 Å². The summed E-state index contributed by atoms with van der Waals surface area (Å²) < 4.78 is 6.24. The molecular formula is C17H19BrClNO. The van der Waals surface area contributed by atoms with Crippen molar-refractivity contribution in [2.45, 2.75) is 19.4 Å². The first-order valence-corrected chi connectivity index (χ1v) is 8.15. The van der Waals surface area contributed by atoms with Crippen LogP contribution < -0.4 is 10.1 Å². The molecule has 0 aliphatic carbocycles. The van der Waals surface area contributed by atoms with Gasteiger partial charge in [-0.05, 0) is 58.2 Å². The van der Waals surface area contributed by atoms with Crippen LogP contribution in [0.25, 0.3) is 0 Å². The molecule has 0 heterocycles. The molecular weight excluding hydrogens is 350 g/mol. The highest BCUT2D eigenvalue weighted by molar-refractivity contribution is 9.10. The second-order valence-electron chi connectivity index (χ2n) is 4.81. The van der Waals surface area contributed by atoms with Gasteiger partial charge in [-0.25, -0.2) is 0 Å². The van der Waals surface area contributed by atoms with Crippen LogP contribution in [0.3, 0.4) is 0 Å². The first-order chi connectivity index (χ1) is 10.2. The minimum Gasteiger partial charge on any atom is -0.497 e. The van der Waals surface area contributed by atoms with Gasteiger partial charge in [-0.2, -0.15) is 0 Å². The smallest absolute Gasteiger partial charge is 0.119 e. The monoisotopic (exact) mass is 367 g/mol. The summed E-state index contributed by atoms with van der Waals surface area (Å²) in [5.74, 6) is 0.849. The molecule has 0 bridgehead atoms. The summed E-state index contributed by atoms with van der Waals surface area (Å²) in [7, 11) is 1.68. The van der Waals surface area contributed by atoms with Crippen LogP contribution in [0.1, 0.15) is 30.5 Å². The Hall–Kier alpha value is -1.03. The predicted molar refractivity (Wildman–Crippen MR) is 92.3 cm³/mol. The van der Waals surface area contributed by atoms with Crippen molar-refractivity contribution in [3.8, 4) is 5.75 Å². The summed E-state index contributed by atoms with van der Waals surface area (Å²) in [5, 5.41) is 4.30. The van der Waals surface area contributed by atoms with Crippen LogP contribution in [0.5, 0.6) is 5.75 Å². The maximum atomic E-state index is 6.47. The van der Waals surface area contributed by atoms with Crippen LogP contribution in [0.4, 0.5) is 0 Å². The molecule has 1 N–H and O–H groups in total. The van der Waals surface area contributed by atoms with Crippen molar-refractivity contribution in [1.82, 2.24) is 5.32 Å². The van der Waals surface area contributed by atoms with Crippen molar-refractivity contribution in [3.05, 3.63) is 63.1 Å². The first-order valence-electron chi connectivity index (χ1n) is 6.98. The molecule has 2 nitrogen and oxygen atoms in total. The van der Waals surface area contributed by atoms with Gasteiger partial charge in [-0.3, -0.25) is 0 Å². The maximum Gasteiger partial charge on any atom is 0.119 e. The molecule has 21 heavy (non-hydrogen) atoms. The van der Waals surface area contributed by atoms with E-state index in [0.29, 0.717) is 0 Å². The average molecular weight is 369 g/mol. The summed E-state index contributed by atoms with van der Waals surface area (Å²) in [6.45, 7) is 3.07. The Kier molecular flexibility index (Phi) is 6.09. The van der Waals surface area contributed by atoms with Gasteiger partial charge in [0.05, 0.1) is 18.2 Å². The lowest BCUT2D eigenvalue weighted by Crippen LogP contribution is -2.23. The van der Waals surface area contributed by atoms with E-state index >= 15 is 0 Å². The molecule has 112 valence electrons. The van der Waals surface area contributed by atoms with E-state index in [1.165, 1.54) is 0 Å². The quantitative estimate of drug-likeness (QED) is 0.756. The van der Waals surface area contributed by atoms with Crippen molar-refractivity contribution in [2.75, 3.05) is 13.7 Å². The summed E-state index contributed by atoms with van der Waals surface area (Å²) in [4.78, 5) is 0. The summed E-state index contributed by atoms with van der Waals surface area (Å²) in [6, 6.07) is 14.1. The molecule has 0 fully saturated rings. The molecule has 2 aromatic carbocycles. The Balaban J connectivity index is 2.44. The molecule has 0 radical (unpaired) electrons. The van der Waals surface area contributed by atoms with Gasteiger partial charge in [0, 0.05) is 4.47 Å². The number of hydrogen-bond acceptors (Lipinski definition) is 2. The fourth-order valence-corrected chi connectivity index (χ4v) is 2.88. The van der Waals surface area contributed by atoms with E-state index in [1.807, 2.05) is 30.3 Å².